The van der Waals surface area contributed by atoms with Crippen LogP contribution in [0, 0.1) is 0 Å². The summed E-state index contributed by atoms with van der Waals surface area (Å²) in [5.41, 5.74) is 5.89. The third-order valence-electron chi connectivity index (χ3n) is 1.83. The number of nitrogens with two attached hydrogens (primary N) is 1. The molecular formula is C8H14FN3. The number of rotatable bonds is 4. The summed E-state index contributed by atoms with van der Waals surface area (Å²) in [5, 5.41) is 0. The minimum absolute atomic E-state index is 0.367. The van der Waals surface area contributed by atoms with E-state index in [1.165, 1.54) is 0 Å². The van der Waals surface area contributed by atoms with Crippen molar-refractivity contribution in [3.63, 3.8) is 0 Å². The molecule has 1 aromatic heterocycles. The lowest BCUT2D eigenvalue weighted by Gasteiger charge is -2.08. The predicted molar refractivity (Wildman–Crippen MR) is 45.4 cm³/mol. The first-order chi connectivity index (χ1) is 5.79. The fraction of sp³-hybridized carbons (Fsp3) is 0.625. The standard InChI is InChI=1S/C8H14FN3/c1-2-12-6-11-5-8(12)7(9)3-4-10/h5-7H,2-4,10H2,1H3. The molecule has 1 heterocycles. The van der Waals surface area contributed by atoms with Crippen molar-refractivity contribution >= 4 is 0 Å². The van der Waals surface area contributed by atoms with Crippen LogP contribution < -0.4 is 5.73 Å². The lowest BCUT2D eigenvalue weighted by molar-refractivity contribution is 0.311. The van der Waals surface area contributed by atoms with E-state index in [1.807, 2.05) is 6.92 Å². The van der Waals surface area contributed by atoms with Gasteiger partial charge in [-0.1, -0.05) is 0 Å². The quantitative estimate of drug-likeness (QED) is 0.741. The Morgan fingerprint density at radius 3 is 3.08 bits per heavy atom. The Morgan fingerprint density at radius 1 is 1.75 bits per heavy atom. The fourth-order valence-corrected chi connectivity index (χ4v) is 1.15. The highest BCUT2D eigenvalue weighted by molar-refractivity contribution is 5.02. The van der Waals surface area contributed by atoms with Crippen LogP contribution in [0.3, 0.4) is 0 Å². The molecule has 0 saturated carbocycles. The van der Waals surface area contributed by atoms with Crippen LogP contribution in [0.1, 0.15) is 25.2 Å². The lowest BCUT2D eigenvalue weighted by Crippen LogP contribution is -2.07. The second-order valence-electron chi connectivity index (χ2n) is 2.65. The Hall–Kier alpha value is -0.900. The van der Waals surface area contributed by atoms with Crippen molar-refractivity contribution in [1.82, 2.24) is 9.55 Å². The molecule has 1 atom stereocenters. The third-order valence-corrected chi connectivity index (χ3v) is 1.83. The number of aryl methyl sites for hydroxylation is 1. The summed E-state index contributed by atoms with van der Waals surface area (Å²) < 4.78 is 15.1. The minimum Gasteiger partial charge on any atom is -0.332 e. The third kappa shape index (κ3) is 1.82. The van der Waals surface area contributed by atoms with E-state index >= 15 is 0 Å². The van der Waals surface area contributed by atoms with Crippen LogP contribution in [0.5, 0.6) is 0 Å². The number of hydrogen-bond acceptors (Lipinski definition) is 2. The van der Waals surface area contributed by atoms with Gasteiger partial charge < -0.3 is 10.3 Å². The number of halogens is 1. The summed E-state index contributed by atoms with van der Waals surface area (Å²) >= 11 is 0. The molecule has 0 saturated heterocycles. The highest BCUT2D eigenvalue weighted by Gasteiger charge is 2.12. The summed E-state index contributed by atoms with van der Waals surface area (Å²) in [4.78, 5) is 3.88. The van der Waals surface area contributed by atoms with E-state index in [1.54, 1.807) is 17.1 Å². The van der Waals surface area contributed by atoms with Crippen LogP contribution in [0.4, 0.5) is 4.39 Å². The van der Waals surface area contributed by atoms with E-state index in [0.717, 1.165) is 6.54 Å². The molecule has 1 aromatic rings. The smallest absolute Gasteiger partial charge is 0.143 e. The Kier molecular flexibility index (Phi) is 3.22. The zero-order valence-electron chi connectivity index (χ0n) is 7.20. The van der Waals surface area contributed by atoms with E-state index in [9.17, 15) is 4.39 Å². The first-order valence-electron chi connectivity index (χ1n) is 4.13. The van der Waals surface area contributed by atoms with Gasteiger partial charge in [0.25, 0.3) is 0 Å². The van der Waals surface area contributed by atoms with E-state index in [2.05, 4.69) is 4.98 Å². The summed E-state index contributed by atoms with van der Waals surface area (Å²) in [7, 11) is 0. The Balaban J connectivity index is 2.71. The molecule has 1 rings (SSSR count). The fourth-order valence-electron chi connectivity index (χ4n) is 1.15. The summed E-state index contributed by atoms with van der Waals surface area (Å²) in [5.74, 6) is 0. The highest BCUT2D eigenvalue weighted by atomic mass is 19.1. The SMILES string of the molecule is CCn1cncc1C(F)CCN. The monoisotopic (exact) mass is 171 g/mol. The largest absolute Gasteiger partial charge is 0.332 e. The highest BCUT2D eigenvalue weighted by Crippen LogP contribution is 2.19. The van der Waals surface area contributed by atoms with Crippen molar-refractivity contribution in [3.05, 3.63) is 18.2 Å². The van der Waals surface area contributed by atoms with Crippen LogP contribution in [0.2, 0.25) is 0 Å². The van der Waals surface area contributed by atoms with Gasteiger partial charge in [0.15, 0.2) is 0 Å². The maximum atomic E-state index is 13.3. The molecule has 0 aliphatic rings. The molecule has 0 spiro atoms. The zero-order valence-corrected chi connectivity index (χ0v) is 7.20. The van der Waals surface area contributed by atoms with Gasteiger partial charge in [0.2, 0.25) is 0 Å². The zero-order chi connectivity index (χ0) is 8.97. The number of nitrogens with zero attached hydrogens (tertiary/aromatic N) is 2. The average Bonchev–Trinajstić information content (AvgIpc) is 2.51. The lowest BCUT2D eigenvalue weighted by atomic mass is 10.2. The Labute approximate surface area is 71.4 Å². The minimum atomic E-state index is -0.975. The molecule has 3 nitrogen and oxygen atoms in total. The number of alkyl halides is 1. The van der Waals surface area contributed by atoms with Crippen LogP contribution in [-0.4, -0.2) is 16.1 Å². The van der Waals surface area contributed by atoms with Crippen molar-refractivity contribution in [1.29, 1.82) is 0 Å². The van der Waals surface area contributed by atoms with Crippen LogP contribution in [0.15, 0.2) is 12.5 Å². The van der Waals surface area contributed by atoms with Crippen molar-refractivity contribution in [2.24, 2.45) is 5.73 Å². The number of aromatic nitrogens is 2. The molecule has 4 heteroatoms. The number of hydrogen-bond donors (Lipinski definition) is 1. The Morgan fingerprint density at radius 2 is 2.50 bits per heavy atom. The number of imidazole rings is 1. The van der Waals surface area contributed by atoms with Gasteiger partial charge in [-0.15, -0.1) is 0 Å². The maximum absolute atomic E-state index is 13.3. The van der Waals surface area contributed by atoms with E-state index < -0.39 is 6.17 Å². The van der Waals surface area contributed by atoms with Gasteiger partial charge in [0.05, 0.1) is 18.2 Å². The topological polar surface area (TPSA) is 43.8 Å². The normalized spacial score (nSPS) is 13.2. The summed E-state index contributed by atoms with van der Waals surface area (Å²) in [6.45, 7) is 3.08. The first-order valence-corrected chi connectivity index (χ1v) is 4.13. The van der Waals surface area contributed by atoms with Crippen molar-refractivity contribution < 1.29 is 4.39 Å². The van der Waals surface area contributed by atoms with Gasteiger partial charge in [-0.05, 0) is 19.9 Å². The molecule has 12 heavy (non-hydrogen) atoms. The molecule has 0 aliphatic heterocycles. The first kappa shape index (κ1) is 9.19. The van der Waals surface area contributed by atoms with Crippen molar-refractivity contribution in [3.8, 4) is 0 Å². The van der Waals surface area contributed by atoms with Gasteiger partial charge in [-0.3, -0.25) is 0 Å². The van der Waals surface area contributed by atoms with Gasteiger partial charge >= 0.3 is 0 Å². The van der Waals surface area contributed by atoms with Gasteiger partial charge in [-0.25, -0.2) is 9.37 Å². The average molecular weight is 171 g/mol. The molecule has 0 aliphatic carbocycles. The summed E-state index contributed by atoms with van der Waals surface area (Å²) in [6.07, 6.45) is 2.59. The maximum Gasteiger partial charge on any atom is 0.143 e. The van der Waals surface area contributed by atoms with Crippen LogP contribution in [0.25, 0.3) is 0 Å². The molecule has 2 N–H and O–H groups in total. The molecule has 0 aromatic carbocycles. The van der Waals surface area contributed by atoms with Gasteiger partial charge in [0.1, 0.15) is 6.17 Å². The summed E-state index contributed by atoms with van der Waals surface area (Å²) in [6, 6.07) is 0. The van der Waals surface area contributed by atoms with Crippen LogP contribution in [-0.2, 0) is 6.54 Å². The van der Waals surface area contributed by atoms with E-state index in [0.29, 0.717) is 18.7 Å². The molecular weight excluding hydrogens is 157 g/mol. The molecule has 1 unspecified atom stereocenters. The van der Waals surface area contributed by atoms with Crippen molar-refractivity contribution in [2.75, 3.05) is 6.54 Å². The molecule has 0 fully saturated rings. The predicted octanol–water partition coefficient (Wildman–Crippen LogP) is 1.26. The van der Waals surface area contributed by atoms with Gasteiger partial charge in [0, 0.05) is 6.54 Å². The molecule has 0 bridgehead atoms. The van der Waals surface area contributed by atoms with E-state index in [-0.39, 0.29) is 0 Å². The second kappa shape index (κ2) is 4.21. The molecule has 0 radical (unpaired) electrons. The Bertz CT molecular complexity index is 234. The molecule has 68 valence electrons. The second-order valence-corrected chi connectivity index (χ2v) is 2.65. The van der Waals surface area contributed by atoms with Crippen molar-refractivity contribution in [2.45, 2.75) is 26.1 Å². The van der Waals surface area contributed by atoms with Crippen LogP contribution >= 0.6 is 0 Å². The molecule has 0 amide bonds. The van der Waals surface area contributed by atoms with E-state index in [4.69, 9.17) is 5.73 Å². The van der Waals surface area contributed by atoms with Gasteiger partial charge in [-0.2, -0.15) is 0 Å².